The van der Waals surface area contributed by atoms with Gasteiger partial charge in [-0.2, -0.15) is 0 Å². The van der Waals surface area contributed by atoms with Crippen molar-refractivity contribution in [3.05, 3.63) is 120 Å². The number of hydrogen-bond donors (Lipinski definition) is 0. The number of benzene rings is 3. The van der Waals surface area contributed by atoms with Gasteiger partial charge in [0.1, 0.15) is 5.60 Å². The van der Waals surface area contributed by atoms with Gasteiger partial charge in [0.15, 0.2) is 0 Å². The van der Waals surface area contributed by atoms with Crippen LogP contribution in [0.3, 0.4) is 0 Å². The molecule has 0 N–H and O–H groups in total. The third-order valence-corrected chi connectivity index (χ3v) is 5.33. The first-order chi connectivity index (χ1) is 12.8. The third-order valence-electron chi connectivity index (χ3n) is 5.33. The minimum Gasteiger partial charge on any atom is -0.361 e. The molecule has 0 spiro atoms. The van der Waals surface area contributed by atoms with Crippen LogP contribution in [0.4, 0.5) is 0 Å². The van der Waals surface area contributed by atoms with Crippen molar-refractivity contribution in [3.63, 3.8) is 0 Å². The van der Waals surface area contributed by atoms with Gasteiger partial charge in [-0.25, -0.2) is 0 Å². The highest BCUT2D eigenvalue weighted by atomic mass is 16.5. The first kappa shape index (κ1) is 16.8. The molecule has 1 aliphatic carbocycles. The molecule has 0 radical (unpaired) electrons. The van der Waals surface area contributed by atoms with E-state index in [1.807, 2.05) is 0 Å². The van der Waals surface area contributed by atoms with E-state index in [1.165, 1.54) is 6.42 Å². The van der Waals surface area contributed by atoms with Gasteiger partial charge in [0, 0.05) is 0 Å². The largest absolute Gasteiger partial charge is 0.361 e. The van der Waals surface area contributed by atoms with Crippen LogP contribution < -0.4 is 0 Å². The van der Waals surface area contributed by atoms with E-state index in [0.29, 0.717) is 11.8 Å². The van der Waals surface area contributed by atoms with Crippen molar-refractivity contribution in [1.82, 2.24) is 0 Å². The molecule has 3 aromatic carbocycles. The van der Waals surface area contributed by atoms with Crippen molar-refractivity contribution in [2.24, 2.45) is 11.8 Å². The minimum atomic E-state index is -0.599. The Bertz CT molecular complexity index is 742. The lowest BCUT2D eigenvalue weighted by atomic mass is 9.80. The lowest BCUT2D eigenvalue weighted by Crippen LogP contribution is -2.33. The summed E-state index contributed by atoms with van der Waals surface area (Å²) >= 11 is 0. The third kappa shape index (κ3) is 3.11. The Morgan fingerprint density at radius 1 is 0.769 bits per heavy atom. The second kappa shape index (κ2) is 7.31. The molecule has 0 amide bonds. The lowest BCUT2D eigenvalue weighted by molar-refractivity contribution is 0.00513. The predicted octanol–water partition coefficient (Wildman–Crippen LogP) is 5.82. The maximum Gasteiger partial charge on any atom is 0.143 e. The van der Waals surface area contributed by atoms with Gasteiger partial charge >= 0.3 is 0 Å². The summed E-state index contributed by atoms with van der Waals surface area (Å²) in [5.41, 5.74) is 2.88. The summed E-state index contributed by atoms with van der Waals surface area (Å²) < 4.78 is 6.80. The zero-order valence-electron chi connectivity index (χ0n) is 14.9. The van der Waals surface area contributed by atoms with Gasteiger partial charge in [-0.05, 0) is 34.9 Å². The molecular formula is C25H24O. The van der Waals surface area contributed by atoms with Crippen LogP contribution in [0.5, 0.6) is 0 Å². The van der Waals surface area contributed by atoms with Crippen LogP contribution in [0, 0.1) is 11.8 Å². The topological polar surface area (TPSA) is 9.23 Å². The summed E-state index contributed by atoms with van der Waals surface area (Å²) in [6.07, 6.45) is 3.24. The first-order valence-corrected chi connectivity index (χ1v) is 9.27. The van der Waals surface area contributed by atoms with Crippen LogP contribution in [-0.4, -0.2) is 6.61 Å². The van der Waals surface area contributed by atoms with Crippen molar-refractivity contribution in [3.8, 4) is 0 Å². The van der Waals surface area contributed by atoms with Crippen molar-refractivity contribution in [2.45, 2.75) is 12.0 Å². The summed E-state index contributed by atoms with van der Waals surface area (Å²) in [5.74, 6) is 1.16. The first-order valence-electron chi connectivity index (χ1n) is 9.27. The van der Waals surface area contributed by atoms with Gasteiger partial charge in [0.25, 0.3) is 0 Å². The van der Waals surface area contributed by atoms with E-state index >= 15 is 0 Å². The Hall–Kier alpha value is -2.64. The van der Waals surface area contributed by atoms with Crippen LogP contribution in [-0.2, 0) is 10.3 Å². The number of rotatable bonds is 7. The zero-order chi connectivity index (χ0) is 17.8. The van der Waals surface area contributed by atoms with Crippen molar-refractivity contribution >= 4 is 0 Å². The van der Waals surface area contributed by atoms with E-state index in [9.17, 15) is 0 Å². The van der Waals surface area contributed by atoms with Gasteiger partial charge in [-0.1, -0.05) is 97.1 Å². The Balaban J connectivity index is 1.84. The monoisotopic (exact) mass is 340 g/mol. The van der Waals surface area contributed by atoms with E-state index in [2.05, 4.69) is 104 Å². The normalized spacial score (nSPS) is 19.1. The molecule has 1 heteroatoms. The molecular weight excluding hydrogens is 316 g/mol. The van der Waals surface area contributed by atoms with Crippen LogP contribution in [0.2, 0.25) is 0 Å². The summed E-state index contributed by atoms with van der Waals surface area (Å²) in [5, 5.41) is 0. The molecule has 0 saturated heterocycles. The van der Waals surface area contributed by atoms with Crippen LogP contribution in [0.25, 0.3) is 0 Å². The lowest BCUT2D eigenvalue weighted by Gasteiger charge is -2.36. The fraction of sp³-hybridized carbons (Fsp3) is 0.200. The van der Waals surface area contributed by atoms with Gasteiger partial charge in [0.2, 0.25) is 0 Å². The van der Waals surface area contributed by atoms with E-state index in [4.69, 9.17) is 4.74 Å². The smallest absolute Gasteiger partial charge is 0.143 e. The standard InChI is InChI=1S/C25H24O/c1-2-20-18-21(20)19-26-25(22-12-6-3-7-13-22,23-14-8-4-9-15-23)24-16-10-5-11-17-24/h2-17,20-21H,1,18-19H2/t20-,21+/m1/s1. The molecule has 0 aliphatic heterocycles. The number of ether oxygens (including phenoxy) is 1. The fourth-order valence-electron chi connectivity index (χ4n) is 3.75. The average molecular weight is 340 g/mol. The Morgan fingerprint density at radius 3 is 1.54 bits per heavy atom. The molecule has 4 rings (SSSR count). The highest BCUT2D eigenvalue weighted by molar-refractivity contribution is 5.47. The Morgan fingerprint density at radius 2 is 1.19 bits per heavy atom. The van der Waals surface area contributed by atoms with Crippen LogP contribution >= 0.6 is 0 Å². The second-order valence-corrected chi connectivity index (χ2v) is 6.99. The van der Waals surface area contributed by atoms with Gasteiger partial charge in [-0.3, -0.25) is 0 Å². The number of hydrogen-bond acceptors (Lipinski definition) is 1. The minimum absolute atomic E-state index is 0.572. The van der Waals surface area contributed by atoms with E-state index in [-0.39, 0.29) is 0 Å². The maximum atomic E-state index is 6.80. The molecule has 1 fully saturated rings. The van der Waals surface area contributed by atoms with Gasteiger partial charge in [-0.15, -0.1) is 6.58 Å². The van der Waals surface area contributed by atoms with Crippen LogP contribution in [0.15, 0.2) is 104 Å². The second-order valence-electron chi connectivity index (χ2n) is 6.99. The fourth-order valence-corrected chi connectivity index (χ4v) is 3.75. The molecule has 1 nitrogen and oxygen atoms in total. The van der Waals surface area contributed by atoms with E-state index < -0.39 is 5.60 Å². The van der Waals surface area contributed by atoms with Crippen molar-refractivity contribution in [2.75, 3.05) is 6.61 Å². The summed E-state index contributed by atoms with van der Waals surface area (Å²) in [6, 6.07) is 31.7. The Kier molecular flexibility index (Phi) is 4.73. The average Bonchev–Trinajstić information content (AvgIpc) is 3.50. The quantitative estimate of drug-likeness (QED) is 0.389. The van der Waals surface area contributed by atoms with E-state index in [1.54, 1.807) is 0 Å². The highest BCUT2D eigenvalue weighted by Gasteiger charge is 2.41. The van der Waals surface area contributed by atoms with Crippen LogP contribution in [0.1, 0.15) is 23.1 Å². The predicted molar refractivity (Wildman–Crippen MR) is 107 cm³/mol. The Labute approximate surface area is 156 Å². The molecule has 0 bridgehead atoms. The molecule has 0 aromatic heterocycles. The van der Waals surface area contributed by atoms with Gasteiger partial charge < -0.3 is 4.74 Å². The maximum absolute atomic E-state index is 6.80. The zero-order valence-corrected chi connectivity index (χ0v) is 14.9. The molecule has 3 aromatic rings. The highest BCUT2D eigenvalue weighted by Crippen LogP contribution is 2.45. The number of allylic oxidation sites excluding steroid dienone is 1. The van der Waals surface area contributed by atoms with Crippen molar-refractivity contribution < 1.29 is 4.74 Å². The SMILES string of the molecule is C=C[C@@H]1C[C@H]1COC(c1ccccc1)(c1ccccc1)c1ccccc1. The molecule has 26 heavy (non-hydrogen) atoms. The molecule has 0 heterocycles. The summed E-state index contributed by atoms with van der Waals surface area (Å²) in [7, 11) is 0. The van der Waals surface area contributed by atoms with Gasteiger partial charge in [0.05, 0.1) is 6.61 Å². The summed E-state index contributed by atoms with van der Waals surface area (Å²) in [4.78, 5) is 0. The molecule has 0 unspecified atom stereocenters. The van der Waals surface area contributed by atoms with Crippen molar-refractivity contribution in [1.29, 1.82) is 0 Å². The molecule has 2 atom stereocenters. The molecule has 1 aliphatic rings. The van der Waals surface area contributed by atoms with E-state index in [0.717, 1.165) is 23.3 Å². The summed E-state index contributed by atoms with van der Waals surface area (Å²) in [6.45, 7) is 4.67. The molecule has 130 valence electrons. The molecule has 1 saturated carbocycles.